The van der Waals surface area contributed by atoms with Crippen LogP contribution < -0.4 is 0 Å². The van der Waals surface area contributed by atoms with Crippen LogP contribution in [0.3, 0.4) is 0 Å². The molecule has 3 aromatic rings. The highest BCUT2D eigenvalue weighted by molar-refractivity contribution is 5.97. The second kappa shape index (κ2) is 8.98. The minimum Gasteiger partial charge on any atom is -0.507 e. The Morgan fingerprint density at radius 3 is 2.39 bits per heavy atom. The number of benzene rings is 2. The third kappa shape index (κ3) is 4.37. The van der Waals surface area contributed by atoms with Gasteiger partial charge in [0.2, 0.25) is 11.7 Å². The summed E-state index contributed by atoms with van der Waals surface area (Å²) in [4.78, 5) is 21.8. The molecular weight excluding hydrogens is 416 g/mol. The molecule has 1 saturated heterocycles. The van der Waals surface area contributed by atoms with Gasteiger partial charge in [-0.05, 0) is 62.8 Å². The van der Waals surface area contributed by atoms with E-state index in [1.807, 2.05) is 42.2 Å². The van der Waals surface area contributed by atoms with Crippen molar-refractivity contribution < 1.29 is 14.4 Å². The van der Waals surface area contributed by atoms with Crippen molar-refractivity contribution in [1.82, 2.24) is 19.9 Å². The molecule has 0 radical (unpaired) electrons. The molecule has 1 N–H and O–H groups in total. The maximum Gasteiger partial charge on any atom is 0.257 e. The Labute approximate surface area is 194 Å². The first-order valence-corrected chi connectivity index (χ1v) is 11.8. The van der Waals surface area contributed by atoms with Crippen LogP contribution in [0.1, 0.15) is 58.7 Å². The van der Waals surface area contributed by atoms with Crippen LogP contribution in [0.2, 0.25) is 0 Å². The van der Waals surface area contributed by atoms with Crippen LogP contribution in [0.5, 0.6) is 5.75 Å². The number of fused-ring (bicyclic) bond motifs is 1. The van der Waals surface area contributed by atoms with Gasteiger partial charge in [0.1, 0.15) is 5.75 Å². The number of aromatic hydroxyl groups is 1. The standard InChI is InChI=1S/C26H30N4O3/c1-17-7-9-19(10-8-17)24-27-25(33-28-24)18(2)29-11-13-30(14-12-29)26(32)22-15-20-5-3-4-6-21(20)16-23(22)31/h7-10,15-16,18,31H,3-6,11-14H2,1-2H3. The van der Waals surface area contributed by atoms with Gasteiger partial charge < -0.3 is 14.5 Å². The van der Waals surface area contributed by atoms with Gasteiger partial charge in [0.05, 0.1) is 11.6 Å². The Bertz CT molecular complexity index is 1150. The van der Waals surface area contributed by atoms with E-state index in [0.29, 0.717) is 43.5 Å². The zero-order valence-electron chi connectivity index (χ0n) is 19.3. The van der Waals surface area contributed by atoms with Gasteiger partial charge in [-0.3, -0.25) is 9.69 Å². The number of phenols is 1. The van der Waals surface area contributed by atoms with Crippen LogP contribution in [-0.4, -0.2) is 57.1 Å². The van der Waals surface area contributed by atoms with Gasteiger partial charge in [0, 0.05) is 31.7 Å². The van der Waals surface area contributed by atoms with Crippen LogP contribution in [-0.2, 0) is 12.8 Å². The Morgan fingerprint density at radius 1 is 1.03 bits per heavy atom. The fourth-order valence-electron chi connectivity index (χ4n) is 4.81. The molecule has 7 heteroatoms. The first kappa shape index (κ1) is 21.6. The lowest BCUT2D eigenvalue weighted by molar-refractivity contribution is 0.0549. The van der Waals surface area contributed by atoms with E-state index in [2.05, 4.69) is 22.0 Å². The molecule has 1 aliphatic carbocycles. The van der Waals surface area contributed by atoms with Gasteiger partial charge in [0.25, 0.3) is 5.91 Å². The summed E-state index contributed by atoms with van der Waals surface area (Å²) in [5, 5.41) is 14.6. The maximum atomic E-state index is 13.1. The average Bonchev–Trinajstić information content (AvgIpc) is 3.33. The van der Waals surface area contributed by atoms with E-state index in [0.717, 1.165) is 31.2 Å². The summed E-state index contributed by atoms with van der Waals surface area (Å²) >= 11 is 0. The number of hydrogen-bond acceptors (Lipinski definition) is 6. The fraction of sp³-hybridized carbons (Fsp3) is 0.423. The molecule has 172 valence electrons. The number of phenolic OH excluding ortho intramolecular Hbond substituents is 1. The van der Waals surface area contributed by atoms with Gasteiger partial charge in [-0.1, -0.05) is 35.0 Å². The molecule has 7 nitrogen and oxygen atoms in total. The molecule has 33 heavy (non-hydrogen) atoms. The third-order valence-corrected chi connectivity index (χ3v) is 6.95. The van der Waals surface area contributed by atoms with Gasteiger partial charge in [0.15, 0.2) is 0 Å². The number of piperazine rings is 1. The highest BCUT2D eigenvalue weighted by Crippen LogP contribution is 2.30. The maximum absolute atomic E-state index is 13.1. The molecule has 2 aromatic carbocycles. The lowest BCUT2D eigenvalue weighted by Gasteiger charge is -2.37. The van der Waals surface area contributed by atoms with Crippen molar-refractivity contribution in [1.29, 1.82) is 0 Å². The summed E-state index contributed by atoms with van der Waals surface area (Å²) in [6, 6.07) is 11.7. The summed E-state index contributed by atoms with van der Waals surface area (Å²) in [7, 11) is 0. The van der Waals surface area contributed by atoms with E-state index in [1.165, 1.54) is 16.7 Å². The van der Waals surface area contributed by atoms with Gasteiger partial charge in [-0.15, -0.1) is 0 Å². The zero-order chi connectivity index (χ0) is 22.9. The molecular formula is C26H30N4O3. The van der Waals surface area contributed by atoms with Gasteiger partial charge >= 0.3 is 0 Å². The quantitative estimate of drug-likeness (QED) is 0.648. The lowest BCUT2D eigenvalue weighted by atomic mass is 9.89. The van der Waals surface area contributed by atoms with Crippen molar-refractivity contribution in [3.63, 3.8) is 0 Å². The normalized spacial score (nSPS) is 17.6. The number of amides is 1. The van der Waals surface area contributed by atoms with E-state index in [4.69, 9.17) is 4.52 Å². The molecule has 0 spiro atoms. The summed E-state index contributed by atoms with van der Waals surface area (Å²) in [6.07, 6.45) is 4.25. The van der Waals surface area contributed by atoms with Crippen LogP contribution in [0.25, 0.3) is 11.4 Å². The van der Waals surface area contributed by atoms with E-state index in [1.54, 1.807) is 6.07 Å². The van der Waals surface area contributed by atoms with Crippen molar-refractivity contribution in [3.05, 3.63) is 64.5 Å². The lowest BCUT2D eigenvalue weighted by Crippen LogP contribution is -2.49. The van der Waals surface area contributed by atoms with E-state index < -0.39 is 0 Å². The molecule has 1 fully saturated rings. The fourth-order valence-corrected chi connectivity index (χ4v) is 4.81. The predicted molar refractivity (Wildman–Crippen MR) is 125 cm³/mol. The van der Waals surface area contributed by atoms with E-state index in [-0.39, 0.29) is 17.7 Å². The van der Waals surface area contributed by atoms with Crippen LogP contribution in [0, 0.1) is 6.92 Å². The van der Waals surface area contributed by atoms with Crippen molar-refractivity contribution in [3.8, 4) is 17.1 Å². The molecule has 1 unspecified atom stereocenters. The highest BCUT2D eigenvalue weighted by Gasteiger charge is 2.29. The number of aromatic nitrogens is 2. The van der Waals surface area contributed by atoms with Crippen molar-refractivity contribution >= 4 is 5.91 Å². The predicted octanol–water partition coefficient (Wildman–Crippen LogP) is 4.15. The largest absolute Gasteiger partial charge is 0.507 e. The Hall–Kier alpha value is -3.19. The summed E-state index contributed by atoms with van der Waals surface area (Å²) in [5.74, 6) is 1.18. The average molecular weight is 447 g/mol. The molecule has 1 aromatic heterocycles. The Morgan fingerprint density at radius 2 is 1.70 bits per heavy atom. The molecule has 2 heterocycles. The van der Waals surface area contributed by atoms with Crippen LogP contribution in [0.4, 0.5) is 0 Å². The summed E-state index contributed by atoms with van der Waals surface area (Å²) < 4.78 is 5.56. The topological polar surface area (TPSA) is 82.7 Å². The van der Waals surface area contributed by atoms with Crippen LogP contribution >= 0.6 is 0 Å². The third-order valence-electron chi connectivity index (χ3n) is 6.95. The SMILES string of the molecule is Cc1ccc(-c2noc(C(C)N3CCN(C(=O)c4cc5c(cc4O)CCCC5)CC3)n2)cc1. The number of aryl methyl sites for hydroxylation is 3. The number of hydrogen-bond donors (Lipinski definition) is 1. The highest BCUT2D eigenvalue weighted by atomic mass is 16.5. The van der Waals surface area contributed by atoms with E-state index >= 15 is 0 Å². The van der Waals surface area contributed by atoms with Crippen molar-refractivity contribution in [2.45, 2.75) is 45.6 Å². The molecule has 0 bridgehead atoms. The zero-order valence-corrected chi connectivity index (χ0v) is 19.3. The van der Waals surface area contributed by atoms with Gasteiger partial charge in [-0.25, -0.2) is 0 Å². The monoisotopic (exact) mass is 446 g/mol. The minimum absolute atomic E-state index is 0.0360. The second-order valence-electron chi connectivity index (χ2n) is 9.17. The second-order valence-corrected chi connectivity index (χ2v) is 9.17. The minimum atomic E-state index is -0.0902. The van der Waals surface area contributed by atoms with Crippen molar-refractivity contribution in [2.75, 3.05) is 26.2 Å². The number of rotatable bonds is 4. The summed E-state index contributed by atoms with van der Waals surface area (Å²) in [6.45, 7) is 6.71. The molecule has 5 rings (SSSR count). The Kier molecular flexibility index (Phi) is 5.89. The molecule has 1 aliphatic heterocycles. The Balaban J connectivity index is 1.23. The first-order valence-electron chi connectivity index (χ1n) is 11.8. The van der Waals surface area contributed by atoms with Crippen LogP contribution in [0.15, 0.2) is 40.9 Å². The molecule has 0 saturated carbocycles. The smallest absolute Gasteiger partial charge is 0.257 e. The number of carbonyl (C=O) groups is 1. The summed E-state index contributed by atoms with van der Waals surface area (Å²) in [5.41, 5.74) is 4.93. The van der Waals surface area contributed by atoms with E-state index in [9.17, 15) is 9.90 Å². The van der Waals surface area contributed by atoms with Gasteiger partial charge in [-0.2, -0.15) is 4.98 Å². The molecule has 1 atom stereocenters. The van der Waals surface area contributed by atoms with Crippen molar-refractivity contribution in [2.24, 2.45) is 0 Å². The first-order chi connectivity index (χ1) is 16.0. The molecule has 2 aliphatic rings. The molecule has 1 amide bonds. The number of nitrogens with zero attached hydrogens (tertiary/aromatic N) is 4. The number of carbonyl (C=O) groups excluding carboxylic acids is 1.